The van der Waals surface area contributed by atoms with E-state index in [2.05, 4.69) is 39.2 Å². The molecule has 6 heteroatoms. The largest absolute Gasteiger partial charge is 0.347 e. The van der Waals surface area contributed by atoms with Crippen LogP contribution in [0.15, 0.2) is 60.9 Å². The minimum atomic E-state index is -0.300. The first-order valence-electron chi connectivity index (χ1n) is 8.83. The van der Waals surface area contributed by atoms with Crippen molar-refractivity contribution in [2.75, 3.05) is 4.90 Å². The summed E-state index contributed by atoms with van der Waals surface area (Å²) in [6.07, 6.45) is 2.35. The highest BCUT2D eigenvalue weighted by atomic mass is 19.1. The molecule has 0 saturated carbocycles. The standard InChI is InChI=1S/C21H19FN4O/c1-14-10-16-4-2-3-5-19(16)26(14)20-11-18(24-13-25-20)21(27)23-12-15-6-8-17(22)9-7-15/h2-9,11,13-14H,10,12H2,1H3,(H,23,27). The molecule has 3 aromatic rings. The van der Waals surface area contributed by atoms with E-state index in [4.69, 9.17) is 0 Å². The molecule has 27 heavy (non-hydrogen) atoms. The van der Waals surface area contributed by atoms with Gasteiger partial charge in [0.25, 0.3) is 5.91 Å². The Morgan fingerprint density at radius 2 is 1.96 bits per heavy atom. The summed E-state index contributed by atoms with van der Waals surface area (Å²) in [4.78, 5) is 23.1. The number of hydrogen-bond acceptors (Lipinski definition) is 4. The van der Waals surface area contributed by atoms with Crippen LogP contribution in [-0.2, 0) is 13.0 Å². The monoisotopic (exact) mass is 362 g/mol. The third-order valence-corrected chi connectivity index (χ3v) is 4.71. The molecular formula is C21H19FN4O. The van der Waals surface area contributed by atoms with Crippen LogP contribution in [0.4, 0.5) is 15.9 Å². The molecule has 136 valence electrons. The number of amides is 1. The first kappa shape index (κ1) is 17.1. The minimum absolute atomic E-state index is 0.257. The molecule has 0 spiro atoms. The lowest BCUT2D eigenvalue weighted by Crippen LogP contribution is -2.27. The number of aromatic nitrogens is 2. The van der Waals surface area contributed by atoms with Crippen molar-refractivity contribution in [3.8, 4) is 0 Å². The van der Waals surface area contributed by atoms with Gasteiger partial charge in [0.2, 0.25) is 0 Å². The molecule has 0 bridgehead atoms. The van der Waals surface area contributed by atoms with Gasteiger partial charge in [-0.2, -0.15) is 0 Å². The molecule has 1 amide bonds. The Labute approximate surface area is 156 Å². The lowest BCUT2D eigenvalue weighted by Gasteiger charge is -2.23. The maximum absolute atomic E-state index is 13.0. The molecule has 4 rings (SSSR count). The quantitative estimate of drug-likeness (QED) is 0.770. The van der Waals surface area contributed by atoms with Crippen molar-refractivity contribution >= 4 is 17.4 Å². The fourth-order valence-corrected chi connectivity index (χ4v) is 3.39. The lowest BCUT2D eigenvalue weighted by atomic mass is 10.1. The van der Waals surface area contributed by atoms with E-state index in [1.807, 2.05) is 12.1 Å². The van der Waals surface area contributed by atoms with Gasteiger partial charge in [0, 0.05) is 24.3 Å². The van der Waals surface area contributed by atoms with Crippen LogP contribution in [0.5, 0.6) is 0 Å². The van der Waals surface area contributed by atoms with Gasteiger partial charge in [-0.15, -0.1) is 0 Å². The summed E-state index contributed by atoms with van der Waals surface area (Å²) in [5, 5.41) is 2.81. The van der Waals surface area contributed by atoms with Gasteiger partial charge in [0.15, 0.2) is 0 Å². The van der Waals surface area contributed by atoms with E-state index < -0.39 is 0 Å². The normalized spacial score (nSPS) is 15.5. The molecule has 0 fully saturated rings. The molecule has 1 aliphatic rings. The van der Waals surface area contributed by atoms with E-state index in [1.165, 1.54) is 24.0 Å². The van der Waals surface area contributed by atoms with Crippen LogP contribution in [0, 0.1) is 5.82 Å². The van der Waals surface area contributed by atoms with Gasteiger partial charge in [-0.3, -0.25) is 4.79 Å². The van der Waals surface area contributed by atoms with Gasteiger partial charge in [-0.05, 0) is 42.7 Å². The Morgan fingerprint density at radius 3 is 2.78 bits per heavy atom. The molecule has 0 saturated heterocycles. The van der Waals surface area contributed by atoms with Crippen LogP contribution in [0.2, 0.25) is 0 Å². The third kappa shape index (κ3) is 3.51. The number of fused-ring (bicyclic) bond motifs is 1. The highest BCUT2D eigenvalue weighted by Gasteiger charge is 2.28. The number of hydrogen-bond donors (Lipinski definition) is 1. The molecule has 1 aliphatic heterocycles. The molecule has 1 atom stereocenters. The number of nitrogens with one attached hydrogen (secondary N) is 1. The molecule has 0 aliphatic carbocycles. The number of benzene rings is 2. The summed E-state index contributed by atoms with van der Waals surface area (Å²) in [6, 6.07) is 16.2. The number of anilines is 2. The number of halogens is 1. The fraction of sp³-hybridized carbons (Fsp3) is 0.190. The number of carbonyl (C=O) groups excluding carboxylic acids is 1. The maximum Gasteiger partial charge on any atom is 0.270 e. The summed E-state index contributed by atoms with van der Waals surface area (Å²) in [5.41, 5.74) is 3.51. The predicted molar refractivity (Wildman–Crippen MR) is 101 cm³/mol. The summed E-state index contributed by atoms with van der Waals surface area (Å²) in [6.45, 7) is 2.44. The first-order chi connectivity index (χ1) is 13.1. The molecule has 2 heterocycles. The van der Waals surface area contributed by atoms with E-state index in [0.717, 1.165) is 17.7 Å². The van der Waals surface area contributed by atoms with Crippen LogP contribution in [-0.4, -0.2) is 21.9 Å². The molecule has 5 nitrogen and oxygen atoms in total. The molecular weight excluding hydrogens is 343 g/mol. The lowest BCUT2D eigenvalue weighted by molar-refractivity contribution is 0.0945. The van der Waals surface area contributed by atoms with Gasteiger partial charge >= 0.3 is 0 Å². The van der Waals surface area contributed by atoms with Crippen LogP contribution in [0.3, 0.4) is 0 Å². The Kier molecular flexibility index (Phi) is 4.54. The van der Waals surface area contributed by atoms with Crippen molar-refractivity contribution in [1.82, 2.24) is 15.3 Å². The van der Waals surface area contributed by atoms with Gasteiger partial charge in [0.1, 0.15) is 23.7 Å². The summed E-state index contributed by atoms with van der Waals surface area (Å²) in [7, 11) is 0. The van der Waals surface area contributed by atoms with Crippen LogP contribution < -0.4 is 10.2 Å². The van der Waals surface area contributed by atoms with E-state index in [-0.39, 0.29) is 17.8 Å². The average Bonchev–Trinajstić information content (AvgIpc) is 3.03. The Balaban J connectivity index is 1.52. The van der Waals surface area contributed by atoms with Gasteiger partial charge in [-0.1, -0.05) is 30.3 Å². The van der Waals surface area contributed by atoms with Crippen LogP contribution in [0.25, 0.3) is 0 Å². The van der Waals surface area contributed by atoms with Gasteiger partial charge in [-0.25, -0.2) is 14.4 Å². The van der Waals surface area contributed by atoms with E-state index in [0.29, 0.717) is 18.1 Å². The zero-order chi connectivity index (χ0) is 18.8. The fourth-order valence-electron chi connectivity index (χ4n) is 3.39. The van der Waals surface area contributed by atoms with E-state index in [1.54, 1.807) is 18.2 Å². The second kappa shape index (κ2) is 7.15. The number of para-hydroxylation sites is 1. The van der Waals surface area contributed by atoms with E-state index >= 15 is 0 Å². The molecule has 1 N–H and O–H groups in total. The van der Waals surface area contributed by atoms with Crippen molar-refractivity contribution < 1.29 is 9.18 Å². The second-order valence-electron chi connectivity index (χ2n) is 6.62. The summed E-state index contributed by atoms with van der Waals surface area (Å²) < 4.78 is 13.0. The van der Waals surface area contributed by atoms with E-state index in [9.17, 15) is 9.18 Å². The topological polar surface area (TPSA) is 58.1 Å². The van der Waals surface area contributed by atoms with Crippen molar-refractivity contribution in [1.29, 1.82) is 0 Å². The van der Waals surface area contributed by atoms with Gasteiger partial charge in [0.05, 0.1) is 0 Å². The Bertz CT molecular complexity index is 974. The molecule has 1 unspecified atom stereocenters. The van der Waals surface area contributed by atoms with Crippen LogP contribution >= 0.6 is 0 Å². The Hall–Kier alpha value is -3.28. The number of rotatable bonds is 4. The second-order valence-corrected chi connectivity index (χ2v) is 6.62. The number of nitrogens with zero attached hydrogens (tertiary/aromatic N) is 3. The SMILES string of the molecule is CC1Cc2ccccc2N1c1cc(C(=O)NCc2ccc(F)cc2)ncn1. The van der Waals surface area contributed by atoms with Crippen molar-refractivity contribution in [3.05, 3.63) is 83.6 Å². The minimum Gasteiger partial charge on any atom is -0.347 e. The zero-order valence-electron chi connectivity index (χ0n) is 14.9. The average molecular weight is 362 g/mol. The van der Waals surface area contributed by atoms with Crippen molar-refractivity contribution in [2.24, 2.45) is 0 Å². The zero-order valence-corrected chi connectivity index (χ0v) is 14.9. The number of carbonyl (C=O) groups is 1. The molecule has 0 radical (unpaired) electrons. The molecule has 1 aromatic heterocycles. The maximum atomic E-state index is 13.0. The summed E-state index contributed by atoms with van der Waals surface area (Å²) in [5.74, 6) is 0.114. The smallest absolute Gasteiger partial charge is 0.270 e. The van der Waals surface area contributed by atoms with Crippen molar-refractivity contribution in [2.45, 2.75) is 25.9 Å². The highest BCUT2D eigenvalue weighted by molar-refractivity contribution is 5.93. The highest BCUT2D eigenvalue weighted by Crippen LogP contribution is 2.36. The first-order valence-corrected chi connectivity index (χ1v) is 8.83. The Morgan fingerprint density at radius 1 is 1.19 bits per heavy atom. The third-order valence-electron chi connectivity index (χ3n) is 4.71. The predicted octanol–water partition coefficient (Wildman–Crippen LogP) is 3.63. The van der Waals surface area contributed by atoms with Gasteiger partial charge < -0.3 is 10.2 Å². The van der Waals surface area contributed by atoms with Crippen molar-refractivity contribution in [3.63, 3.8) is 0 Å². The molecule has 2 aromatic carbocycles. The van der Waals surface area contributed by atoms with Crippen LogP contribution in [0.1, 0.15) is 28.5 Å². The summed E-state index contributed by atoms with van der Waals surface area (Å²) >= 11 is 0.